The fraction of sp³-hybridized carbons (Fsp3) is 0.400. The molecule has 1 fully saturated rings. The molecule has 0 aliphatic carbocycles. The fourth-order valence-corrected chi connectivity index (χ4v) is 2.55. The van der Waals surface area contributed by atoms with E-state index < -0.39 is 0 Å². The van der Waals surface area contributed by atoms with Crippen LogP contribution >= 0.6 is 11.6 Å². The van der Waals surface area contributed by atoms with Crippen molar-refractivity contribution in [1.82, 2.24) is 10.5 Å². The quantitative estimate of drug-likeness (QED) is 0.920. The Hall–Kier alpha value is -1.36. The zero-order chi connectivity index (χ0) is 13.8. The Morgan fingerprint density at radius 2 is 2.35 bits per heavy atom. The molecule has 1 aliphatic rings. The van der Waals surface area contributed by atoms with Crippen LogP contribution in [-0.4, -0.2) is 17.9 Å². The normalized spacial score (nSPS) is 18.6. The second-order valence-electron chi connectivity index (χ2n) is 4.99. The molecular weight excluding hydrogens is 276 g/mol. The summed E-state index contributed by atoms with van der Waals surface area (Å²) in [7, 11) is 0. The highest BCUT2D eigenvalue weighted by molar-refractivity contribution is 6.30. The van der Waals surface area contributed by atoms with Crippen LogP contribution in [0.3, 0.4) is 0 Å². The summed E-state index contributed by atoms with van der Waals surface area (Å²) in [6.07, 6.45) is 3.08. The molecule has 20 heavy (non-hydrogen) atoms. The fourth-order valence-electron chi connectivity index (χ4n) is 2.34. The van der Waals surface area contributed by atoms with Crippen LogP contribution < -0.4 is 5.32 Å². The Kier molecular flexibility index (Phi) is 4.35. The number of halogens is 1. The molecule has 1 atom stereocenters. The highest BCUT2D eigenvalue weighted by atomic mass is 35.5. The summed E-state index contributed by atoms with van der Waals surface area (Å²) in [6, 6.07) is 9.69. The van der Waals surface area contributed by atoms with Crippen LogP contribution in [0.2, 0.25) is 5.02 Å². The lowest BCUT2D eigenvalue weighted by atomic mass is 10.1. The highest BCUT2D eigenvalue weighted by Gasteiger charge is 2.15. The van der Waals surface area contributed by atoms with Crippen LogP contribution in [0.5, 0.6) is 0 Å². The van der Waals surface area contributed by atoms with Crippen molar-refractivity contribution in [2.75, 3.05) is 6.54 Å². The molecule has 0 spiro atoms. The minimum Gasteiger partial charge on any atom is -0.361 e. The number of hydrogen-bond donors (Lipinski definition) is 1. The molecule has 0 amide bonds. The molecule has 106 valence electrons. The first-order valence-electron chi connectivity index (χ1n) is 6.83. The van der Waals surface area contributed by atoms with Crippen molar-refractivity contribution in [2.24, 2.45) is 0 Å². The molecule has 1 aliphatic heterocycles. The predicted molar refractivity (Wildman–Crippen MR) is 76.6 cm³/mol. The Labute approximate surface area is 123 Å². The van der Waals surface area contributed by atoms with Crippen molar-refractivity contribution in [3.63, 3.8) is 0 Å². The minimum absolute atomic E-state index is 0.156. The van der Waals surface area contributed by atoms with E-state index in [1.165, 1.54) is 6.42 Å². The van der Waals surface area contributed by atoms with E-state index in [0.29, 0.717) is 13.0 Å². The van der Waals surface area contributed by atoms with Crippen LogP contribution in [0.4, 0.5) is 0 Å². The number of rotatable bonds is 5. The topological polar surface area (TPSA) is 47.3 Å². The van der Waals surface area contributed by atoms with Crippen LogP contribution in [0.25, 0.3) is 0 Å². The zero-order valence-electron chi connectivity index (χ0n) is 11.1. The van der Waals surface area contributed by atoms with Crippen molar-refractivity contribution in [3.8, 4) is 0 Å². The number of aromatic nitrogens is 1. The van der Waals surface area contributed by atoms with Gasteiger partial charge in [0.1, 0.15) is 17.7 Å². The van der Waals surface area contributed by atoms with Crippen LogP contribution in [0.1, 0.15) is 29.9 Å². The van der Waals surface area contributed by atoms with Gasteiger partial charge in [-0.25, -0.2) is 0 Å². The average Bonchev–Trinajstić information content (AvgIpc) is 3.07. The van der Waals surface area contributed by atoms with Gasteiger partial charge in [-0.2, -0.15) is 0 Å². The first-order valence-corrected chi connectivity index (χ1v) is 7.21. The Morgan fingerprint density at radius 1 is 1.40 bits per heavy atom. The lowest BCUT2D eigenvalue weighted by molar-refractivity contribution is 0.0281. The van der Waals surface area contributed by atoms with Crippen molar-refractivity contribution in [3.05, 3.63) is 52.4 Å². The Morgan fingerprint density at radius 3 is 3.15 bits per heavy atom. The van der Waals surface area contributed by atoms with Gasteiger partial charge in [0.15, 0.2) is 0 Å². The Balaban J connectivity index is 1.56. The number of benzene rings is 1. The van der Waals surface area contributed by atoms with Crippen molar-refractivity contribution >= 4 is 11.6 Å². The van der Waals surface area contributed by atoms with E-state index in [9.17, 15) is 0 Å². The first-order chi connectivity index (χ1) is 9.79. The molecule has 0 saturated carbocycles. The van der Waals surface area contributed by atoms with E-state index in [1.54, 1.807) is 0 Å². The molecule has 0 unspecified atom stereocenters. The maximum atomic E-state index is 5.97. The molecule has 4 nitrogen and oxygen atoms in total. The third kappa shape index (κ3) is 3.60. The minimum atomic E-state index is 0.156. The number of hydrogen-bond acceptors (Lipinski definition) is 4. The van der Waals surface area contributed by atoms with E-state index >= 15 is 0 Å². The summed E-state index contributed by atoms with van der Waals surface area (Å²) in [4.78, 5) is 0. The van der Waals surface area contributed by atoms with Crippen molar-refractivity contribution in [1.29, 1.82) is 0 Å². The number of nitrogens with zero attached hydrogens (tertiary/aromatic N) is 1. The summed E-state index contributed by atoms with van der Waals surface area (Å²) in [5, 5.41) is 8.05. The molecule has 1 aromatic heterocycles. The van der Waals surface area contributed by atoms with Gasteiger partial charge in [-0.1, -0.05) is 28.9 Å². The summed E-state index contributed by atoms with van der Waals surface area (Å²) in [5.74, 6) is 0.824. The molecule has 2 heterocycles. The summed E-state index contributed by atoms with van der Waals surface area (Å²) >= 11 is 5.97. The SMILES string of the molecule is Clc1cccc(Cc2cc(CO[C@H]3CCCN3)no2)c1. The van der Waals surface area contributed by atoms with E-state index in [1.807, 2.05) is 30.3 Å². The van der Waals surface area contributed by atoms with Gasteiger partial charge in [0.25, 0.3) is 0 Å². The largest absolute Gasteiger partial charge is 0.361 e. The number of ether oxygens (including phenoxy) is 1. The first kappa shape index (κ1) is 13.6. The standard InChI is InChI=1S/C15H17ClN2O2/c16-12-4-1-3-11(7-12)8-14-9-13(18-20-14)10-19-15-5-2-6-17-15/h1,3-4,7,9,15,17H,2,5-6,8,10H2/t15-/m0/s1. The monoisotopic (exact) mass is 292 g/mol. The van der Waals surface area contributed by atoms with Crippen LogP contribution in [-0.2, 0) is 17.8 Å². The van der Waals surface area contributed by atoms with Crippen molar-refractivity contribution < 1.29 is 9.26 Å². The molecular formula is C15H17ClN2O2. The number of nitrogens with one attached hydrogen (secondary N) is 1. The molecule has 1 saturated heterocycles. The zero-order valence-corrected chi connectivity index (χ0v) is 11.9. The van der Waals surface area contributed by atoms with E-state index in [2.05, 4.69) is 10.5 Å². The van der Waals surface area contributed by atoms with E-state index in [-0.39, 0.29) is 6.23 Å². The third-order valence-electron chi connectivity index (χ3n) is 3.32. The van der Waals surface area contributed by atoms with Gasteiger partial charge in [0.05, 0.1) is 6.61 Å². The second kappa shape index (κ2) is 6.39. The van der Waals surface area contributed by atoms with Crippen LogP contribution in [0, 0.1) is 0 Å². The highest BCUT2D eigenvalue weighted by Crippen LogP contribution is 2.16. The molecule has 5 heteroatoms. The lowest BCUT2D eigenvalue weighted by Crippen LogP contribution is -2.24. The molecule has 3 rings (SSSR count). The van der Waals surface area contributed by atoms with Gasteiger partial charge in [-0.05, 0) is 37.1 Å². The molecule has 1 N–H and O–H groups in total. The lowest BCUT2D eigenvalue weighted by Gasteiger charge is -2.09. The van der Waals surface area contributed by atoms with Gasteiger partial charge in [0, 0.05) is 17.5 Å². The van der Waals surface area contributed by atoms with E-state index in [0.717, 1.165) is 35.0 Å². The predicted octanol–water partition coefficient (Wildman–Crippen LogP) is 3.14. The Bertz CT molecular complexity index is 565. The molecule has 2 aromatic rings. The summed E-state index contributed by atoms with van der Waals surface area (Å²) in [5.41, 5.74) is 1.94. The smallest absolute Gasteiger partial charge is 0.141 e. The summed E-state index contributed by atoms with van der Waals surface area (Å²) < 4.78 is 11.0. The van der Waals surface area contributed by atoms with E-state index in [4.69, 9.17) is 20.9 Å². The molecule has 1 aromatic carbocycles. The second-order valence-corrected chi connectivity index (χ2v) is 5.42. The average molecular weight is 293 g/mol. The summed E-state index contributed by atoms with van der Waals surface area (Å²) in [6.45, 7) is 1.51. The third-order valence-corrected chi connectivity index (χ3v) is 3.56. The van der Waals surface area contributed by atoms with Gasteiger partial charge in [0.2, 0.25) is 0 Å². The molecule has 0 bridgehead atoms. The molecule has 0 radical (unpaired) electrons. The van der Waals surface area contributed by atoms with Gasteiger partial charge in [-0.15, -0.1) is 0 Å². The van der Waals surface area contributed by atoms with Gasteiger partial charge < -0.3 is 9.26 Å². The van der Waals surface area contributed by atoms with Crippen molar-refractivity contribution in [2.45, 2.75) is 32.1 Å². The van der Waals surface area contributed by atoms with Gasteiger partial charge >= 0.3 is 0 Å². The van der Waals surface area contributed by atoms with Crippen LogP contribution in [0.15, 0.2) is 34.9 Å². The maximum absolute atomic E-state index is 5.97. The van der Waals surface area contributed by atoms with Gasteiger partial charge in [-0.3, -0.25) is 5.32 Å². The maximum Gasteiger partial charge on any atom is 0.141 e.